The van der Waals surface area contributed by atoms with Crippen LogP contribution in [0.4, 0.5) is 27.1 Å². The fourth-order valence-electron chi connectivity index (χ4n) is 1.89. The fourth-order valence-corrected chi connectivity index (χ4v) is 3.50. The summed E-state index contributed by atoms with van der Waals surface area (Å²) in [6, 6.07) is 0. The molecule has 3 aromatic rings. The highest BCUT2D eigenvalue weighted by Gasteiger charge is 2.29. The summed E-state index contributed by atoms with van der Waals surface area (Å²) in [4.78, 5) is 3.71. The number of aromatic nitrogens is 3. The van der Waals surface area contributed by atoms with Crippen LogP contribution in [0.2, 0.25) is 0 Å². The average molecular weight is 384 g/mol. The van der Waals surface area contributed by atoms with Crippen molar-refractivity contribution in [3.8, 4) is 11.3 Å². The zero-order chi connectivity index (χ0) is 17.8. The van der Waals surface area contributed by atoms with Crippen LogP contribution in [0.15, 0.2) is 6.20 Å². The zero-order valence-corrected chi connectivity index (χ0v) is 13.1. The van der Waals surface area contributed by atoms with Gasteiger partial charge < -0.3 is 0 Å². The summed E-state index contributed by atoms with van der Waals surface area (Å²) in [6.07, 6.45) is 1.71. The molecule has 3 rings (SSSR count). The normalized spacial score (nSPS) is 12.1. The van der Waals surface area contributed by atoms with Gasteiger partial charge in [0.2, 0.25) is 25.9 Å². The van der Waals surface area contributed by atoms with Gasteiger partial charge >= 0.3 is 0 Å². The third kappa shape index (κ3) is 2.58. The third-order valence-corrected chi connectivity index (χ3v) is 4.36. The molecular formula is C11H5F5N4O2S2. The van der Waals surface area contributed by atoms with Crippen molar-refractivity contribution in [1.29, 1.82) is 0 Å². The molecule has 13 heteroatoms. The van der Waals surface area contributed by atoms with E-state index < -0.39 is 50.4 Å². The molecule has 0 atom stereocenters. The van der Waals surface area contributed by atoms with Crippen molar-refractivity contribution < 1.29 is 30.4 Å². The summed E-state index contributed by atoms with van der Waals surface area (Å²) in [5, 5.41) is 3.52. The van der Waals surface area contributed by atoms with Crippen molar-refractivity contribution in [2.75, 3.05) is 11.0 Å². The first-order valence-corrected chi connectivity index (χ1v) is 8.65. The summed E-state index contributed by atoms with van der Waals surface area (Å²) in [7, 11) is -3.68. The number of hydrogen-bond donors (Lipinski definition) is 1. The van der Waals surface area contributed by atoms with Crippen LogP contribution in [0, 0.1) is 29.1 Å². The quantitative estimate of drug-likeness (QED) is 0.428. The van der Waals surface area contributed by atoms with Gasteiger partial charge in [0.15, 0.2) is 23.3 Å². The number of imidazole rings is 1. The summed E-state index contributed by atoms with van der Waals surface area (Å²) in [5.41, 5.74) is -1.73. The van der Waals surface area contributed by atoms with E-state index in [0.717, 1.165) is 17.0 Å². The van der Waals surface area contributed by atoms with Crippen LogP contribution in [-0.2, 0) is 10.0 Å². The van der Waals surface area contributed by atoms with Crippen molar-refractivity contribution in [1.82, 2.24) is 14.6 Å². The minimum Gasteiger partial charge on any atom is -0.257 e. The van der Waals surface area contributed by atoms with Gasteiger partial charge in [0, 0.05) is 0 Å². The molecule has 2 aromatic heterocycles. The van der Waals surface area contributed by atoms with Gasteiger partial charge in [0.25, 0.3) is 0 Å². The standard InChI is InChI=1S/C11H5F5N4O2S2/c1-24(21,22)19-10-18-20-3(2-17-11(20)23-10)4-5(12)7(14)9(16)8(15)6(4)13/h2H,1H3,(H,18,19). The molecule has 0 saturated carbocycles. The molecule has 0 saturated heterocycles. The van der Waals surface area contributed by atoms with Gasteiger partial charge in [-0.2, -0.15) is 0 Å². The van der Waals surface area contributed by atoms with Crippen molar-refractivity contribution in [2.45, 2.75) is 0 Å². The molecule has 6 nitrogen and oxygen atoms in total. The molecular weight excluding hydrogens is 379 g/mol. The Morgan fingerprint density at radius 3 is 2.12 bits per heavy atom. The van der Waals surface area contributed by atoms with Gasteiger partial charge in [0.05, 0.1) is 23.7 Å². The van der Waals surface area contributed by atoms with E-state index in [2.05, 4.69) is 10.1 Å². The lowest BCUT2D eigenvalue weighted by molar-refractivity contribution is 0.381. The van der Waals surface area contributed by atoms with Crippen LogP contribution in [-0.4, -0.2) is 29.3 Å². The zero-order valence-electron chi connectivity index (χ0n) is 11.4. The first kappa shape index (κ1) is 16.6. The van der Waals surface area contributed by atoms with Gasteiger partial charge in [-0.05, 0) is 0 Å². The largest absolute Gasteiger partial charge is 0.257 e. The number of sulfonamides is 1. The van der Waals surface area contributed by atoms with E-state index in [1.807, 2.05) is 4.72 Å². The van der Waals surface area contributed by atoms with Crippen LogP contribution in [0.3, 0.4) is 0 Å². The molecule has 0 radical (unpaired) electrons. The molecule has 0 aliphatic heterocycles. The Labute approximate surface area is 134 Å². The van der Waals surface area contributed by atoms with Crippen LogP contribution >= 0.6 is 11.3 Å². The predicted octanol–water partition coefficient (Wildman–Crippen LogP) is 2.52. The van der Waals surface area contributed by atoms with Gasteiger partial charge in [0.1, 0.15) is 0 Å². The van der Waals surface area contributed by atoms with Gasteiger partial charge in [-0.25, -0.2) is 39.9 Å². The molecule has 0 spiro atoms. The minimum atomic E-state index is -3.68. The van der Waals surface area contributed by atoms with E-state index >= 15 is 0 Å². The molecule has 0 aliphatic rings. The second kappa shape index (κ2) is 5.37. The summed E-state index contributed by atoms with van der Waals surface area (Å²) < 4.78 is 92.6. The fraction of sp³-hybridized carbons (Fsp3) is 0.0909. The highest BCUT2D eigenvalue weighted by Crippen LogP contribution is 2.33. The maximum Gasteiger partial charge on any atom is 0.231 e. The van der Waals surface area contributed by atoms with E-state index in [-0.39, 0.29) is 10.1 Å². The molecule has 1 N–H and O–H groups in total. The lowest BCUT2D eigenvalue weighted by Crippen LogP contribution is -2.10. The topological polar surface area (TPSA) is 76.4 Å². The Morgan fingerprint density at radius 1 is 1.04 bits per heavy atom. The van der Waals surface area contributed by atoms with E-state index in [1.54, 1.807) is 0 Å². The Kier molecular flexibility index (Phi) is 3.71. The SMILES string of the molecule is CS(=O)(=O)Nc1nn2c(-c3c(F)c(F)c(F)c(F)c3F)cnc2s1. The third-order valence-electron chi connectivity index (χ3n) is 2.82. The second-order valence-electron chi connectivity index (χ2n) is 4.56. The van der Waals surface area contributed by atoms with Crippen LogP contribution in [0.5, 0.6) is 0 Å². The molecule has 0 unspecified atom stereocenters. The van der Waals surface area contributed by atoms with Crippen LogP contribution in [0.1, 0.15) is 0 Å². The Balaban J connectivity index is 2.24. The number of nitrogens with one attached hydrogen (secondary N) is 1. The maximum atomic E-state index is 13.9. The Morgan fingerprint density at radius 2 is 1.58 bits per heavy atom. The summed E-state index contributed by atoms with van der Waals surface area (Å²) in [5.74, 6) is -10.6. The lowest BCUT2D eigenvalue weighted by Gasteiger charge is -2.06. The van der Waals surface area contributed by atoms with Gasteiger partial charge in [-0.3, -0.25) is 4.72 Å². The van der Waals surface area contributed by atoms with E-state index in [9.17, 15) is 30.4 Å². The highest BCUT2D eigenvalue weighted by molar-refractivity contribution is 7.92. The number of nitrogens with zero attached hydrogens (tertiary/aromatic N) is 3. The highest BCUT2D eigenvalue weighted by atomic mass is 32.2. The summed E-state index contributed by atoms with van der Waals surface area (Å²) >= 11 is 0.707. The summed E-state index contributed by atoms with van der Waals surface area (Å²) in [6.45, 7) is 0. The molecule has 24 heavy (non-hydrogen) atoms. The first-order chi connectivity index (χ1) is 11.1. The second-order valence-corrected chi connectivity index (χ2v) is 7.27. The Hall–Kier alpha value is -2.28. The number of anilines is 1. The minimum absolute atomic E-state index is 0.0138. The van der Waals surface area contributed by atoms with Gasteiger partial charge in [-0.1, -0.05) is 11.3 Å². The van der Waals surface area contributed by atoms with Gasteiger partial charge in [-0.15, -0.1) is 5.10 Å². The Bertz CT molecular complexity index is 1050. The van der Waals surface area contributed by atoms with Crippen molar-refractivity contribution in [3.05, 3.63) is 35.3 Å². The smallest absolute Gasteiger partial charge is 0.231 e. The first-order valence-electron chi connectivity index (χ1n) is 5.94. The molecule has 0 fully saturated rings. The van der Waals surface area contributed by atoms with E-state index in [0.29, 0.717) is 11.3 Å². The van der Waals surface area contributed by atoms with Crippen molar-refractivity contribution in [3.63, 3.8) is 0 Å². The van der Waals surface area contributed by atoms with Crippen molar-refractivity contribution in [2.24, 2.45) is 0 Å². The van der Waals surface area contributed by atoms with Crippen LogP contribution in [0.25, 0.3) is 16.2 Å². The lowest BCUT2D eigenvalue weighted by atomic mass is 10.1. The average Bonchev–Trinajstić information content (AvgIpc) is 3.02. The predicted molar refractivity (Wildman–Crippen MR) is 74.6 cm³/mol. The molecule has 128 valence electrons. The molecule has 0 amide bonds. The van der Waals surface area contributed by atoms with Crippen LogP contribution < -0.4 is 4.72 Å². The van der Waals surface area contributed by atoms with Crippen molar-refractivity contribution >= 4 is 31.5 Å². The number of halogens is 5. The monoisotopic (exact) mass is 384 g/mol. The molecule has 0 aliphatic carbocycles. The number of fused-ring (bicyclic) bond motifs is 1. The molecule has 1 aromatic carbocycles. The van der Waals surface area contributed by atoms with E-state index in [1.165, 1.54) is 0 Å². The number of hydrogen-bond acceptors (Lipinski definition) is 5. The molecule has 2 heterocycles. The van der Waals surface area contributed by atoms with E-state index in [4.69, 9.17) is 0 Å². The molecule has 0 bridgehead atoms. The maximum absolute atomic E-state index is 13.9. The number of benzene rings is 1. The number of rotatable bonds is 3.